The average Bonchev–Trinajstić information content (AvgIpc) is 2.57. The molecule has 0 spiro atoms. The number of anilines is 1. The van der Waals surface area contributed by atoms with Gasteiger partial charge in [0.15, 0.2) is 0 Å². The van der Waals surface area contributed by atoms with Gasteiger partial charge in [-0.15, -0.1) is 0 Å². The topological polar surface area (TPSA) is 70.2 Å². The Morgan fingerprint density at radius 1 is 0.880 bits per heavy atom. The zero-order valence-electron chi connectivity index (χ0n) is 14.6. The Bertz CT molecular complexity index is 608. The molecule has 1 aromatic rings. The van der Waals surface area contributed by atoms with Crippen LogP contribution in [0.15, 0.2) is 30.3 Å². The third kappa shape index (κ3) is 3.80. The number of para-hydroxylation sites is 1. The van der Waals surface area contributed by atoms with Gasteiger partial charge < -0.3 is 5.32 Å². The highest BCUT2D eigenvalue weighted by Crippen LogP contribution is 2.61. The van der Waals surface area contributed by atoms with Gasteiger partial charge in [0.25, 0.3) is 5.91 Å². The molecule has 5 rings (SSSR count). The van der Waals surface area contributed by atoms with Crippen LogP contribution in [-0.2, 0) is 9.59 Å². The highest BCUT2D eigenvalue weighted by atomic mass is 16.2. The second-order valence-corrected chi connectivity index (χ2v) is 8.41. The van der Waals surface area contributed by atoms with Gasteiger partial charge in [0, 0.05) is 12.1 Å². The van der Waals surface area contributed by atoms with E-state index in [0.29, 0.717) is 6.42 Å². The predicted molar refractivity (Wildman–Crippen MR) is 96.4 cm³/mol. The minimum absolute atomic E-state index is 0.0463. The maximum atomic E-state index is 12.4. The van der Waals surface area contributed by atoms with E-state index in [-0.39, 0.29) is 23.8 Å². The van der Waals surface area contributed by atoms with Gasteiger partial charge in [0.1, 0.15) is 0 Å². The number of rotatable bonds is 5. The SMILES string of the molecule is O=C(CNc1ccccc1)NNC(=O)CC12CC3CC(CC(C3)C1)C2. The van der Waals surface area contributed by atoms with Gasteiger partial charge in [0.2, 0.25) is 5.91 Å². The monoisotopic (exact) mass is 341 g/mol. The van der Waals surface area contributed by atoms with Crippen molar-refractivity contribution in [2.75, 3.05) is 11.9 Å². The minimum atomic E-state index is -0.234. The molecule has 1 aromatic carbocycles. The lowest BCUT2D eigenvalue weighted by Crippen LogP contribution is -2.50. The van der Waals surface area contributed by atoms with E-state index >= 15 is 0 Å². The van der Waals surface area contributed by atoms with Crippen LogP contribution >= 0.6 is 0 Å². The summed E-state index contributed by atoms with van der Waals surface area (Å²) in [6.45, 7) is 0.141. The molecule has 0 aliphatic heterocycles. The Morgan fingerprint density at radius 3 is 2.04 bits per heavy atom. The van der Waals surface area contributed by atoms with Crippen LogP contribution in [-0.4, -0.2) is 18.4 Å². The van der Waals surface area contributed by atoms with Crippen molar-refractivity contribution in [3.05, 3.63) is 30.3 Å². The lowest BCUT2D eigenvalue weighted by Gasteiger charge is -2.56. The lowest BCUT2D eigenvalue weighted by atomic mass is 9.49. The van der Waals surface area contributed by atoms with Gasteiger partial charge in [-0.25, -0.2) is 0 Å². The van der Waals surface area contributed by atoms with Gasteiger partial charge in [-0.1, -0.05) is 18.2 Å². The molecule has 0 heterocycles. The van der Waals surface area contributed by atoms with Crippen molar-refractivity contribution < 1.29 is 9.59 Å². The molecule has 0 aromatic heterocycles. The molecule has 4 saturated carbocycles. The fourth-order valence-electron chi connectivity index (χ4n) is 5.81. The van der Waals surface area contributed by atoms with E-state index in [9.17, 15) is 9.59 Å². The molecular weight excluding hydrogens is 314 g/mol. The average molecular weight is 341 g/mol. The Labute approximate surface area is 148 Å². The minimum Gasteiger partial charge on any atom is -0.376 e. The van der Waals surface area contributed by atoms with Crippen molar-refractivity contribution in [3.63, 3.8) is 0 Å². The van der Waals surface area contributed by atoms with E-state index in [1.165, 1.54) is 38.5 Å². The number of nitrogens with one attached hydrogen (secondary N) is 3. The zero-order valence-corrected chi connectivity index (χ0v) is 14.6. The summed E-state index contributed by atoms with van der Waals surface area (Å²) in [5.74, 6) is 2.23. The second kappa shape index (κ2) is 6.70. The maximum Gasteiger partial charge on any atom is 0.257 e. The van der Waals surface area contributed by atoms with Crippen LogP contribution in [0.25, 0.3) is 0 Å². The molecule has 134 valence electrons. The van der Waals surface area contributed by atoms with E-state index in [2.05, 4.69) is 16.2 Å². The Hall–Kier alpha value is -2.04. The molecular formula is C20H27N3O2. The molecule has 4 aliphatic rings. The number of carbonyl (C=O) groups excluding carboxylic acids is 2. The molecule has 3 N–H and O–H groups in total. The van der Waals surface area contributed by atoms with Crippen molar-refractivity contribution in [1.29, 1.82) is 0 Å². The quantitative estimate of drug-likeness (QED) is 0.721. The second-order valence-electron chi connectivity index (χ2n) is 8.41. The van der Waals surface area contributed by atoms with Crippen molar-refractivity contribution in [3.8, 4) is 0 Å². The summed E-state index contributed by atoms with van der Waals surface area (Å²) in [6, 6.07) is 9.55. The smallest absolute Gasteiger partial charge is 0.257 e. The molecule has 2 amide bonds. The van der Waals surface area contributed by atoms with E-state index in [0.717, 1.165) is 23.4 Å². The maximum absolute atomic E-state index is 12.4. The van der Waals surface area contributed by atoms with E-state index in [1.54, 1.807) is 0 Å². The Kier molecular flexibility index (Phi) is 4.40. The molecule has 4 bridgehead atoms. The van der Waals surface area contributed by atoms with E-state index < -0.39 is 0 Å². The van der Waals surface area contributed by atoms with Crippen LogP contribution in [0.4, 0.5) is 5.69 Å². The van der Waals surface area contributed by atoms with E-state index in [4.69, 9.17) is 0 Å². The van der Waals surface area contributed by atoms with Crippen LogP contribution in [0.2, 0.25) is 0 Å². The number of hydrogen-bond donors (Lipinski definition) is 3. The predicted octanol–water partition coefficient (Wildman–Crippen LogP) is 2.85. The number of amides is 2. The molecule has 0 radical (unpaired) electrons. The standard InChI is InChI=1S/C20H27N3O2/c24-18(22-23-19(25)13-21-17-4-2-1-3-5-17)12-20-9-14-6-15(10-20)8-16(7-14)11-20/h1-5,14-16,21H,6-13H2,(H,22,24)(H,23,25). The van der Waals surface area contributed by atoms with Crippen LogP contribution < -0.4 is 16.2 Å². The molecule has 5 heteroatoms. The summed E-state index contributed by atoms with van der Waals surface area (Å²) in [5.41, 5.74) is 6.24. The molecule has 0 unspecified atom stereocenters. The third-order valence-corrected chi connectivity index (χ3v) is 6.27. The first-order valence-corrected chi connectivity index (χ1v) is 9.47. The molecule has 25 heavy (non-hydrogen) atoms. The number of hydrogen-bond acceptors (Lipinski definition) is 3. The normalized spacial score (nSPS) is 32.2. The summed E-state index contributed by atoms with van der Waals surface area (Å²) < 4.78 is 0. The molecule has 0 atom stereocenters. The fraction of sp³-hybridized carbons (Fsp3) is 0.600. The van der Waals surface area contributed by atoms with Crippen LogP contribution in [0.3, 0.4) is 0 Å². The number of benzene rings is 1. The van der Waals surface area contributed by atoms with Gasteiger partial charge in [-0.05, 0) is 73.8 Å². The van der Waals surface area contributed by atoms with Crippen LogP contribution in [0, 0.1) is 23.2 Å². The van der Waals surface area contributed by atoms with Crippen molar-refractivity contribution >= 4 is 17.5 Å². The third-order valence-electron chi connectivity index (χ3n) is 6.27. The van der Waals surface area contributed by atoms with Gasteiger partial charge >= 0.3 is 0 Å². The van der Waals surface area contributed by atoms with Gasteiger partial charge in [-0.2, -0.15) is 0 Å². The van der Waals surface area contributed by atoms with Crippen LogP contribution in [0.1, 0.15) is 44.9 Å². The first kappa shape index (κ1) is 16.4. The number of carbonyl (C=O) groups is 2. The summed E-state index contributed by atoms with van der Waals surface area (Å²) >= 11 is 0. The largest absolute Gasteiger partial charge is 0.376 e. The van der Waals surface area contributed by atoms with Gasteiger partial charge in [-0.3, -0.25) is 20.4 Å². The van der Waals surface area contributed by atoms with Crippen molar-refractivity contribution in [2.45, 2.75) is 44.9 Å². The highest BCUT2D eigenvalue weighted by molar-refractivity contribution is 5.84. The summed E-state index contributed by atoms with van der Waals surface area (Å²) in [7, 11) is 0. The van der Waals surface area contributed by atoms with E-state index in [1.807, 2.05) is 30.3 Å². The summed E-state index contributed by atoms with van der Waals surface area (Å²) in [4.78, 5) is 24.3. The molecule has 5 nitrogen and oxygen atoms in total. The van der Waals surface area contributed by atoms with Gasteiger partial charge in [0.05, 0.1) is 6.54 Å². The summed E-state index contributed by atoms with van der Waals surface area (Å²) in [6.07, 6.45) is 8.30. The molecule has 4 aliphatic carbocycles. The first-order chi connectivity index (χ1) is 12.1. The number of hydrazine groups is 1. The molecule has 4 fully saturated rings. The Morgan fingerprint density at radius 2 is 1.44 bits per heavy atom. The zero-order chi connectivity index (χ0) is 17.3. The highest BCUT2D eigenvalue weighted by Gasteiger charge is 2.51. The Balaban J connectivity index is 1.22. The fourth-order valence-corrected chi connectivity index (χ4v) is 5.81. The first-order valence-electron chi connectivity index (χ1n) is 9.47. The lowest BCUT2D eigenvalue weighted by molar-refractivity contribution is -0.133. The summed E-state index contributed by atoms with van der Waals surface area (Å²) in [5, 5.41) is 3.03. The van der Waals surface area contributed by atoms with Crippen molar-refractivity contribution in [2.24, 2.45) is 23.2 Å². The molecule has 0 saturated heterocycles. The van der Waals surface area contributed by atoms with Crippen LogP contribution in [0.5, 0.6) is 0 Å². The van der Waals surface area contributed by atoms with Crippen molar-refractivity contribution in [1.82, 2.24) is 10.9 Å².